The Labute approximate surface area is 108 Å². The largest absolute Gasteiger partial charge is 0.466 e. The molecule has 0 spiro atoms. The number of nitriles is 2. The van der Waals surface area contributed by atoms with E-state index in [9.17, 15) is 10.5 Å². The Kier molecular flexibility index (Phi) is 3.14. The predicted molar refractivity (Wildman–Crippen MR) is 67.4 cm³/mol. The van der Waals surface area contributed by atoms with Crippen molar-refractivity contribution in [2.45, 2.75) is 12.8 Å². The molecule has 2 heterocycles. The van der Waals surface area contributed by atoms with Gasteiger partial charge in [-0.25, -0.2) is 0 Å². The lowest BCUT2D eigenvalue weighted by molar-refractivity contribution is 0.451. The molecule has 0 unspecified atom stereocenters. The van der Waals surface area contributed by atoms with Crippen molar-refractivity contribution in [2.24, 2.45) is 11.7 Å². The second kappa shape index (κ2) is 4.59. The summed E-state index contributed by atoms with van der Waals surface area (Å²) in [5.74, 6) is -0.101. The topological polar surface area (TPSA) is 111 Å². The lowest BCUT2D eigenvalue weighted by Gasteiger charge is -2.25. The highest BCUT2D eigenvalue weighted by Crippen LogP contribution is 2.42. The van der Waals surface area contributed by atoms with Crippen LogP contribution in [0.15, 0.2) is 27.2 Å². The molecule has 2 atom stereocenters. The van der Waals surface area contributed by atoms with Crippen molar-refractivity contribution in [3.05, 3.63) is 34.3 Å². The molecule has 1 aliphatic heterocycles. The molecular weight excluding hydrogens is 248 g/mol. The number of thioether (sulfide) groups is 1. The Hall–Kier alpha value is -2.18. The molecule has 0 radical (unpaired) electrons. The summed E-state index contributed by atoms with van der Waals surface area (Å²) in [6.45, 7) is 1.78. The standard InChI is InChI=1S/C12H10N4OS/c1-6-2-3-9(17-6)10-7(4-13)11(15)18-12(16)8(10)5-14/h2-3,7,10,15H,16H2,1H3/t7-,10-/m1/s1. The highest BCUT2D eigenvalue weighted by atomic mass is 32.2. The molecule has 3 N–H and O–H groups in total. The Morgan fingerprint density at radius 2 is 2.17 bits per heavy atom. The van der Waals surface area contributed by atoms with Gasteiger partial charge in [0.1, 0.15) is 17.4 Å². The van der Waals surface area contributed by atoms with Crippen LogP contribution < -0.4 is 5.73 Å². The monoisotopic (exact) mass is 258 g/mol. The van der Waals surface area contributed by atoms with Crippen molar-refractivity contribution in [2.75, 3.05) is 0 Å². The van der Waals surface area contributed by atoms with E-state index in [1.807, 2.05) is 6.07 Å². The fourth-order valence-electron chi connectivity index (χ4n) is 1.89. The fraction of sp³-hybridized carbons (Fsp3) is 0.250. The normalized spacial score (nSPS) is 23.6. The summed E-state index contributed by atoms with van der Waals surface area (Å²) in [5, 5.41) is 26.6. The number of rotatable bonds is 1. The minimum Gasteiger partial charge on any atom is -0.466 e. The van der Waals surface area contributed by atoms with Gasteiger partial charge in [0, 0.05) is 0 Å². The first-order chi connectivity index (χ1) is 8.58. The van der Waals surface area contributed by atoms with Crippen LogP contribution in [-0.2, 0) is 0 Å². The maximum atomic E-state index is 9.18. The van der Waals surface area contributed by atoms with E-state index < -0.39 is 11.8 Å². The molecular formula is C12H10N4OS. The van der Waals surface area contributed by atoms with E-state index in [0.29, 0.717) is 17.1 Å². The van der Waals surface area contributed by atoms with Crippen LogP contribution in [0.25, 0.3) is 0 Å². The number of nitrogens with zero attached hydrogens (tertiary/aromatic N) is 2. The Morgan fingerprint density at radius 1 is 1.44 bits per heavy atom. The molecule has 1 aliphatic rings. The summed E-state index contributed by atoms with van der Waals surface area (Å²) >= 11 is 0.966. The van der Waals surface area contributed by atoms with Gasteiger partial charge in [0.15, 0.2) is 0 Å². The summed E-state index contributed by atoms with van der Waals surface area (Å²) in [4.78, 5) is 0. The molecule has 1 aromatic heterocycles. The quantitative estimate of drug-likeness (QED) is 0.802. The zero-order valence-corrected chi connectivity index (χ0v) is 10.4. The van der Waals surface area contributed by atoms with Crippen LogP contribution >= 0.6 is 11.8 Å². The highest BCUT2D eigenvalue weighted by Gasteiger charge is 2.38. The van der Waals surface area contributed by atoms with Crippen LogP contribution in [0.5, 0.6) is 0 Å². The molecule has 0 amide bonds. The number of allylic oxidation sites excluding steroid dienone is 1. The molecule has 0 saturated carbocycles. The molecule has 90 valence electrons. The van der Waals surface area contributed by atoms with Gasteiger partial charge in [0.25, 0.3) is 0 Å². The maximum absolute atomic E-state index is 9.18. The van der Waals surface area contributed by atoms with Gasteiger partial charge >= 0.3 is 0 Å². The Bertz CT molecular complexity index is 617. The number of hydrogen-bond acceptors (Lipinski definition) is 6. The maximum Gasteiger partial charge on any atom is 0.114 e. The Balaban J connectivity index is 2.58. The van der Waals surface area contributed by atoms with E-state index in [4.69, 9.17) is 15.6 Å². The van der Waals surface area contributed by atoms with Crippen LogP contribution in [-0.4, -0.2) is 5.04 Å². The molecule has 2 rings (SSSR count). The lowest BCUT2D eigenvalue weighted by atomic mass is 9.85. The average molecular weight is 258 g/mol. The molecule has 0 aliphatic carbocycles. The third kappa shape index (κ3) is 1.87. The summed E-state index contributed by atoms with van der Waals surface area (Å²) in [5.41, 5.74) is 6.06. The summed E-state index contributed by atoms with van der Waals surface area (Å²) in [6, 6.07) is 7.56. The zero-order valence-electron chi connectivity index (χ0n) is 9.60. The third-order valence-electron chi connectivity index (χ3n) is 2.74. The minimum absolute atomic E-state index is 0.146. The van der Waals surface area contributed by atoms with Crippen LogP contribution in [0.2, 0.25) is 0 Å². The first-order valence-electron chi connectivity index (χ1n) is 5.20. The summed E-state index contributed by atoms with van der Waals surface area (Å²) in [6.07, 6.45) is 0. The van der Waals surface area contributed by atoms with E-state index in [2.05, 4.69) is 6.07 Å². The van der Waals surface area contributed by atoms with Gasteiger partial charge in [-0.2, -0.15) is 10.5 Å². The molecule has 0 bridgehead atoms. The van der Waals surface area contributed by atoms with Crippen molar-refractivity contribution in [3.8, 4) is 12.1 Å². The number of nitrogens with one attached hydrogen (secondary N) is 1. The molecule has 0 aromatic carbocycles. The van der Waals surface area contributed by atoms with Crippen molar-refractivity contribution in [3.63, 3.8) is 0 Å². The average Bonchev–Trinajstić information content (AvgIpc) is 2.74. The van der Waals surface area contributed by atoms with Crippen molar-refractivity contribution >= 4 is 16.8 Å². The van der Waals surface area contributed by atoms with Gasteiger partial charge in [-0.3, -0.25) is 5.41 Å². The van der Waals surface area contributed by atoms with E-state index in [1.54, 1.807) is 19.1 Å². The lowest BCUT2D eigenvalue weighted by Crippen LogP contribution is -2.26. The van der Waals surface area contributed by atoms with Gasteiger partial charge in [0.2, 0.25) is 0 Å². The highest BCUT2D eigenvalue weighted by molar-refractivity contribution is 8.17. The molecule has 6 heteroatoms. The number of furan rings is 1. The van der Waals surface area contributed by atoms with Gasteiger partial charge in [0.05, 0.1) is 33.7 Å². The molecule has 5 nitrogen and oxygen atoms in total. The molecule has 0 saturated heterocycles. The van der Waals surface area contributed by atoms with Crippen LogP contribution in [0, 0.1) is 40.9 Å². The zero-order chi connectivity index (χ0) is 13.3. The first kappa shape index (κ1) is 12.3. The molecule has 1 aromatic rings. The predicted octanol–water partition coefficient (Wildman–Crippen LogP) is 2.23. The van der Waals surface area contributed by atoms with Gasteiger partial charge in [-0.05, 0) is 19.1 Å². The number of nitrogens with two attached hydrogens (primary N) is 1. The van der Waals surface area contributed by atoms with E-state index in [-0.39, 0.29) is 10.1 Å². The first-order valence-corrected chi connectivity index (χ1v) is 6.02. The fourth-order valence-corrected chi connectivity index (χ4v) is 2.73. The van der Waals surface area contributed by atoms with Crippen molar-refractivity contribution in [1.29, 1.82) is 15.9 Å². The van der Waals surface area contributed by atoms with Crippen LogP contribution in [0.4, 0.5) is 0 Å². The van der Waals surface area contributed by atoms with E-state index in [0.717, 1.165) is 11.8 Å². The summed E-state index contributed by atoms with van der Waals surface area (Å²) < 4.78 is 5.49. The van der Waals surface area contributed by atoms with E-state index >= 15 is 0 Å². The summed E-state index contributed by atoms with van der Waals surface area (Å²) in [7, 11) is 0. The number of hydrogen-bond donors (Lipinski definition) is 2. The smallest absolute Gasteiger partial charge is 0.114 e. The van der Waals surface area contributed by atoms with E-state index in [1.165, 1.54) is 0 Å². The second-order valence-electron chi connectivity index (χ2n) is 3.89. The molecule has 18 heavy (non-hydrogen) atoms. The van der Waals surface area contributed by atoms with Crippen LogP contribution in [0.3, 0.4) is 0 Å². The Morgan fingerprint density at radius 3 is 2.67 bits per heavy atom. The van der Waals surface area contributed by atoms with Crippen molar-refractivity contribution < 1.29 is 4.42 Å². The molecule has 0 fully saturated rings. The SMILES string of the molecule is Cc1ccc([C@H]2C(C#N)=C(N)SC(=N)[C@@H]2C#N)o1. The van der Waals surface area contributed by atoms with Crippen LogP contribution in [0.1, 0.15) is 17.4 Å². The van der Waals surface area contributed by atoms with Gasteiger partial charge in [-0.1, -0.05) is 11.8 Å². The van der Waals surface area contributed by atoms with Crippen molar-refractivity contribution in [1.82, 2.24) is 0 Å². The third-order valence-corrected chi connectivity index (χ3v) is 3.65. The minimum atomic E-state index is -0.720. The second-order valence-corrected chi connectivity index (χ2v) is 4.97. The number of aryl methyl sites for hydroxylation is 1. The van der Waals surface area contributed by atoms with Gasteiger partial charge in [-0.15, -0.1) is 0 Å². The van der Waals surface area contributed by atoms with Gasteiger partial charge < -0.3 is 10.2 Å².